The van der Waals surface area contributed by atoms with Crippen LogP contribution in [0.15, 0.2) is 22.9 Å². The van der Waals surface area contributed by atoms with Crippen molar-refractivity contribution in [1.82, 2.24) is 20.0 Å². The lowest BCUT2D eigenvalue weighted by molar-refractivity contribution is 0.0243. The SMILES string of the molecule is COc1cc(-c2noc(C3CCCN3C3CCOCC3)n2)ccn1. The fourth-order valence-corrected chi connectivity index (χ4v) is 3.66. The van der Waals surface area contributed by atoms with E-state index >= 15 is 0 Å². The summed E-state index contributed by atoms with van der Waals surface area (Å²) in [5.41, 5.74) is 0.854. The van der Waals surface area contributed by atoms with E-state index in [9.17, 15) is 0 Å². The van der Waals surface area contributed by atoms with E-state index in [-0.39, 0.29) is 6.04 Å². The van der Waals surface area contributed by atoms with Crippen molar-refractivity contribution in [3.05, 3.63) is 24.2 Å². The maximum Gasteiger partial charge on any atom is 0.244 e. The summed E-state index contributed by atoms with van der Waals surface area (Å²) < 4.78 is 16.3. The van der Waals surface area contributed by atoms with Gasteiger partial charge in [-0.25, -0.2) is 4.98 Å². The summed E-state index contributed by atoms with van der Waals surface area (Å²) >= 11 is 0. The third-order valence-corrected chi connectivity index (χ3v) is 4.88. The van der Waals surface area contributed by atoms with Crippen LogP contribution in [-0.2, 0) is 4.74 Å². The first-order valence-electron chi connectivity index (χ1n) is 8.52. The Morgan fingerprint density at radius 1 is 1.25 bits per heavy atom. The highest BCUT2D eigenvalue weighted by Crippen LogP contribution is 2.36. The van der Waals surface area contributed by atoms with Crippen LogP contribution >= 0.6 is 0 Å². The molecule has 2 aliphatic heterocycles. The minimum atomic E-state index is 0.220. The van der Waals surface area contributed by atoms with Gasteiger partial charge in [0, 0.05) is 37.1 Å². The summed E-state index contributed by atoms with van der Waals surface area (Å²) in [6.07, 6.45) is 6.09. The second-order valence-corrected chi connectivity index (χ2v) is 6.28. The molecule has 2 aromatic rings. The summed E-state index contributed by atoms with van der Waals surface area (Å²) in [6.45, 7) is 2.79. The third kappa shape index (κ3) is 3.01. The van der Waals surface area contributed by atoms with Crippen molar-refractivity contribution in [2.45, 2.75) is 37.8 Å². The Labute approximate surface area is 141 Å². The molecule has 1 unspecified atom stereocenters. The monoisotopic (exact) mass is 330 g/mol. The molecule has 0 radical (unpaired) electrons. The van der Waals surface area contributed by atoms with Crippen molar-refractivity contribution >= 4 is 0 Å². The second-order valence-electron chi connectivity index (χ2n) is 6.28. The largest absolute Gasteiger partial charge is 0.481 e. The Balaban J connectivity index is 1.55. The van der Waals surface area contributed by atoms with Gasteiger partial charge in [-0.15, -0.1) is 0 Å². The van der Waals surface area contributed by atoms with Crippen LogP contribution in [0.25, 0.3) is 11.4 Å². The quantitative estimate of drug-likeness (QED) is 0.852. The highest BCUT2D eigenvalue weighted by molar-refractivity contribution is 5.55. The van der Waals surface area contributed by atoms with Crippen molar-refractivity contribution in [3.63, 3.8) is 0 Å². The zero-order valence-electron chi connectivity index (χ0n) is 13.9. The van der Waals surface area contributed by atoms with Gasteiger partial charge in [0.1, 0.15) is 0 Å². The van der Waals surface area contributed by atoms with Gasteiger partial charge in [0.2, 0.25) is 17.6 Å². The predicted octanol–water partition coefficient (Wildman–Crippen LogP) is 2.46. The van der Waals surface area contributed by atoms with Crippen molar-refractivity contribution < 1.29 is 14.0 Å². The Bertz CT molecular complexity index is 684. The average Bonchev–Trinajstić information content (AvgIpc) is 3.31. The van der Waals surface area contributed by atoms with Crippen LogP contribution in [0.2, 0.25) is 0 Å². The number of methoxy groups -OCH3 is 1. The average molecular weight is 330 g/mol. The van der Waals surface area contributed by atoms with E-state index in [0.29, 0.717) is 23.6 Å². The van der Waals surface area contributed by atoms with E-state index in [2.05, 4.69) is 20.0 Å². The van der Waals surface area contributed by atoms with Crippen LogP contribution in [0, 0.1) is 0 Å². The van der Waals surface area contributed by atoms with Gasteiger partial charge in [0.05, 0.1) is 13.2 Å². The summed E-state index contributed by atoms with van der Waals surface area (Å²) in [4.78, 5) is 11.3. The molecule has 0 N–H and O–H groups in total. The molecular formula is C17H22N4O3. The maximum atomic E-state index is 5.60. The first-order chi connectivity index (χ1) is 11.8. The molecule has 0 aliphatic carbocycles. The van der Waals surface area contributed by atoms with Crippen molar-refractivity contribution in [1.29, 1.82) is 0 Å². The first kappa shape index (κ1) is 15.5. The van der Waals surface area contributed by atoms with E-state index in [1.807, 2.05) is 12.1 Å². The van der Waals surface area contributed by atoms with Crippen molar-refractivity contribution in [2.75, 3.05) is 26.9 Å². The molecule has 2 saturated heterocycles. The topological polar surface area (TPSA) is 73.5 Å². The molecule has 1 atom stereocenters. The van der Waals surface area contributed by atoms with Crippen molar-refractivity contribution in [2.24, 2.45) is 0 Å². The summed E-state index contributed by atoms with van der Waals surface area (Å²) in [5, 5.41) is 4.17. The summed E-state index contributed by atoms with van der Waals surface area (Å²) in [7, 11) is 1.60. The van der Waals surface area contributed by atoms with E-state index in [4.69, 9.17) is 14.0 Å². The number of hydrogen-bond donors (Lipinski definition) is 0. The molecule has 7 nitrogen and oxygen atoms in total. The molecule has 0 spiro atoms. The molecule has 0 aromatic carbocycles. The fraction of sp³-hybridized carbons (Fsp3) is 0.588. The molecule has 0 saturated carbocycles. The zero-order valence-corrected chi connectivity index (χ0v) is 13.9. The van der Waals surface area contributed by atoms with E-state index in [1.165, 1.54) is 6.42 Å². The molecule has 24 heavy (non-hydrogen) atoms. The molecule has 2 aromatic heterocycles. The van der Waals surface area contributed by atoms with E-state index < -0.39 is 0 Å². The number of likely N-dealkylation sites (tertiary alicyclic amines) is 1. The predicted molar refractivity (Wildman–Crippen MR) is 86.6 cm³/mol. The maximum absolute atomic E-state index is 5.60. The smallest absolute Gasteiger partial charge is 0.244 e. The molecule has 7 heteroatoms. The molecule has 4 rings (SSSR count). The number of nitrogens with zero attached hydrogens (tertiary/aromatic N) is 4. The van der Waals surface area contributed by atoms with Gasteiger partial charge in [0.25, 0.3) is 0 Å². The van der Waals surface area contributed by atoms with E-state index in [0.717, 1.165) is 44.6 Å². The Morgan fingerprint density at radius 2 is 2.12 bits per heavy atom. The lowest BCUT2D eigenvalue weighted by Crippen LogP contribution is -2.39. The molecule has 0 amide bonds. The molecule has 128 valence electrons. The van der Waals surface area contributed by atoms with Gasteiger partial charge >= 0.3 is 0 Å². The molecular weight excluding hydrogens is 308 g/mol. The number of pyridine rings is 1. The second kappa shape index (κ2) is 6.86. The van der Waals surface area contributed by atoms with Gasteiger partial charge in [-0.3, -0.25) is 4.90 Å². The zero-order chi connectivity index (χ0) is 16.4. The molecule has 2 fully saturated rings. The van der Waals surface area contributed by atoms with Crippen LogP contribution in [0.5, 0.6) is 5.88 Å². The Kier molecular flexibility index (Phi) is 4.44. The minimum Gasteiger partial charge on any atom is -0.481 e. The van der Waals surface area contributed by atoms with Gasteiger partial charge in [0.15, 0.2) is 0 Å². The minimum absolute atomic E-state index is 0.220. The summed E-state index contributed by atoms with van der Waals surface area (Å²) in [6, 6.07) is 4.46. The van der Waals surface area contributed by atoms with Crippen molar-refractivity contribution in [3.8, 4) is 17.3 Å². The lowest BCUT2D eigenvalue weighted by atomic mass is 10.1. The first-order valence-corrected chi connectivity index (χ1v) is 8.52. The van der Waals surface area contributed by atoms with Crippen LogP contribution in [0.4, 0.5) is 0 Å². The standard InChI is InChI=1S/C17H22N4O3/c1-22-15-11-12(4-7-18-15)16-19-17(24-20-16)14-3-2-8-21(14)13-5-9-23-10-6-13/h4,7,11,13-14H,2-3,5-6,8-10H2,1H3. The van der Waals surface area contributed by atoms with Gasteiger partial charge in [-0.05, 0) is 38.3 Å². The number of aromatic nitrogens is 3. The highest BCUT2D eigenvalue weighted by Gasteiger charge is 2.36. The highest BCUT2D eigenvalue weighted by atomic mass is 16.5. The van der Waals surface area contributed by atoms with Crippen LogP contribution in [0.3, 0.4) is 0 Å². The van der Waals surface area contributed by atoms with Gasteiger partial charge in [-0.2, -0.15) is 4.98 Å². The Morgan fingerprint density at radius 3 is 2.96 bits per heavy atom. The number of ether oxygens (including phenoxy) is 2. The lowest BCUT2D eigenvalue weighted by Gasteiger charge is -2.33. The number of hydrogen-bond acceptors (Lipinski definition) is 7. The van der Waals surface area contributed by atoms with Crippen LogP contribution < -0.4 is 4.74 Å². The van der Waals surface area contributed by atoms with Gasteiger partial charge < -0.3 is 14.0 Å². The number of rotatable bonds is 4. The normalized spacial score (nSPS) is 22.8. The van der Waals surface area contributed by atoms with E-state index in [1.54, 1.807) is 13.3 Å². The van der Waals surface area contributed by atoms with Crippen LogP contribution in [-0.4, -0.2) is 52.9 Å². The van der Waals surface area contributed by atoms with Crippen LogP contribution in [0.1, 0.15) is 37.6 Å². The third-order valence-electron chi connectivity index (χ3n) is 4.88. The van der Waals surface area contributed by atoms with Gasteiger partial charge in [-0.1, -0.05) is 5.16 Å². The molecule has 4 heterocycles. The molecule has 0 bridgehead atoms. The summed E-state index contributed by atoms with van der Waals surface area (Å²) in [5.74, 6) is 1.85. The fourth-order valence-electron chi connectivity index (χ4n) is 3.66. The Hall–Kier alpha value is -1.99. The molecule has 2 aliphatic rings.